The summed E-state index contributed by atoms with van der Waals surface area (Å²) in [5.74, 6) is 0. The standard InChI is InChI=1S/C13H16O2S/c1-10-12(14-2)8-9-13(15-10)16-11-6-4-3-5-7-11/h3-10,12-13H,1-2H3/t10-,12+,13-/m0/s1. The molecule has 0 bridgehead atoms. The summed E-state index contributed by atoms with van der Waals surface area (Å²) in [5.41, 5.74) is 0.0869. The number of thioether (sulfide) groups is 1. The summed E-state index contributed by atoms with van der Waals surface area (Å²) in [4.78, 5) is 1.22. The zero-order valence-corrected chi connectivity index (χ0v) is 10.3. The second kappa shape index (κ2) is 5.53. The van der Waals surface area contributed by atoms with Gasteiger partial charge < -0.3 is 9.47 Å². The van der Waals surface area contributed by atoms with Crippen LogP contribution in [0.1, 0.15) is 6.92 Å². The van der Waals surface area contributed by atoms with Gasteiger partial charge in [0.25, 0.3) is 0 Å². The van der Waals surface area contributed by atoms with Crippen LogP contribution in [0.15, 0.2) is 47.4 Å². The number of rotatable bonds is 3. The van der Waals surface area contributed by atoms with E-state index in [1.165, 1.54) is 4.90 Å². The lowest BCUT2D eigenvalue weighted by Gasteiger charge is -2.28. The minimum absolute atomic E-state index is 0.0765. The average Bonchev–Trinajstić information content (AvgIpc) is 2.31. The van der Waals surface area contributed by atoms with Crippen molar-refractivity contribution in [1.82, 2.24) is 0 Å². The highest BCUT2D eigenvalue weighted by Gasteiger charge is 2.23. The maximum absolute atomic E-state index is 5.84. The third kappa shape index (κ3) is 2.88. The summed E-state index contributed by atoms with van der Waals surface area (Å²) in [7, 11) is 1.71. The highest BCUT2D eigenvalue weighted by Crippen LogP contribution is 2.29. The maximum atomic E-state index is 5.84. The molecular formula is C13H16O2S. The molecule has 0 saturated heterocycles. The molecule has 0 aliphatic carbocycles. The van der Waals surface area contributed by atoms with E-state index in [1.54, 1.807) is 18.9 Å². The minimum atomic E-state index is 0.0765. The van der Waals surface area contributed by atoms with Gasteiger partial charge in [-0.25, -0.2) is 0 Å². The maximum Gasteiger partial charge on any atom is 0.126 e. The van der Waals surface area contributed by atoms with Gasteiger partial charge in [-0.05, 0) is 25.1 Å². The molecular weight excluding hydrogens is 220 g/mol. The molecule has 2 nitrogen and oxygen atoms in total. The molecule has 0 saturated carbocycles. The Morgan fingerprint density at radius 2 is 1.94 bits per heavy atom. The van der Waals surface area contributed by atoms with Gasteiger partial charge in [-0.2, -0.15) is 0 Å². The molecule has 0 aromatic heterocycles. The monoisotopic (exact) mass is 236 g/mol. The number of hydrogen-bond donors (Lipinski definition) is 0. The Morgan fingerprint density at radius 1 is 1.19 bits per heavy atom. The van der Waals surface area contributed by atoms with Crippen molar-refractivity contribution in [2.24, 2.45) is 0 Å². The average molecular weight is 236 g/mol. The third-order valence-corrected chi connectivity index (χ3v) is 3.58. The number of ether oxygens (including phenoxy) is 2. The molecule has 3 atom stereocenters. The largest absolute Gasteiger partial charge is 0.375 e. The van der Waals surface area contributed by atoms with Crippen molar-refractivity contribution < 1.29 is 9.47 Å². The Hall–Kier alpha value is -0.770. The van der Waals surface area contributed by atoms with Crippen LogP contribution in [0.5, 0.6) is 0 Å². The summed E-state index contributed by atoms with van der Waals surface area (Å²) < 4.78 is 11.1. The van der Waals surface area contributed by atoms with Gasteiger partial charge in [0.2, 0.25) is 0 Å². The summed E-state index contributed by atoms with van der Waals surface area (Å²) >= 11 is 1.72. The fourth-order valence-corrected chi connectivity index (χ4v) is 2.64. The van der Waals surface area contributed by atoms with Crippen LogP contribution in [0.3, 0.4) is 0 Å². The molecule has 0 unspecified atom stereocenters. The summed E-state index contributed by atoms with van der Waals surface area (Å²) in [5, 5.41) is 0. The number of benzene rings is 1. The Labute approximate surface area is 101 Å². The van der Waals surface area contributed by atoms with E-state index in [4.69, 9.17) is 9.47 Å². The topological polar surface area (TPSA) is 18.5 Å². The smallest absolute Gasteiger partial charge is 0.126 e. The van der Waals surface area contributed by atoms with Crippen molar-refractivity contribution in [3.8, 4) is 0 Å². The molecule has 0 spiro atoms. The lowest BCUT2D eigenvalue weighted by molar-refractivity contribution is -0.0345. The second-order valence-electron chi connectivity index (χ2n) is 3.73. The molecule has 0 amide bonds. The van der Waals surface area contributed by atoms with Gasteiger partial charge in [-0.1, -0.05) is 36.0 Å². The fourth-order valence-electron chi connectivity index (χ4n) is 1.66. The Balaban J connectivity index is 1.98. The molecule has 1 aromatic rings. The quantitative estimate of drug-likeness (QED) is 0.751. The van der Waals surface area contributed by atoms with Crippen molar-refractivity contribution in [3.05, 3.63) is 42.5 Å². The van der Waals surface area contributed by atoms with Crippen LogP contribution in [-0.4, -0.2) is 24.8 Å². The molecule has 0 fully saturated rings. The predicted molar refractivity (Wildman–Crippen MR) is 66.6 cm³/mol. The Bertz CT molecular complexity index is 350. The highest BCUT2D eigenvalue weighted by atomic mass is 32.2. The van der Waals surface area contributed by atoms with Crippen LogP contribution in [0.2, 0.25) is 0 Å². The normalized spacial score (nSPS) is 29.2. The molecule has 16 heavy (non-hydrogen) atoms. The first-order valence-corrected chi connectivity index (χ1v) is 6.26. The first kappa shape index (κ1) is 11.7. The van der Waals surface area contributed by atoms with Gasteiger partial charge in [0, 0.05) is 12.0 Å². The van der Waals surface area contributed by atoms with Crippen LogP contribution in [0.4, 0.5) is 0 Å². The van der Waals surface area contributed by atoms with Crippen LogP contribution in [-0.2, 0) is 9.47 Å². The third-order valence-electron chi connectivity index (χ3n) is 2.54. The van der Waals surface area contributed by atoms with E-state index in [-0.39, 0.29) is 17.6 Å². The van der Waals surface area contributed by atoms with Gasteiger partial charge in [-0.15, -0.1) is 0 Å². The molecule has 86 valence electrons. The predicted octanol–water partition coefficient (Wildman–Crippen LogP) is 3.09. The van der Waals surface area contributed by atoms with E-state index in [9.17, 15) is 0 Å². The van der Waals surface area contributed by atoms with Gasteiger partial charge in [-0.3, -0.25) is 0 Å². The number of methoxy groups -OCH3 is 1. The van der Waals surface area contributed by atoms with Crippen molar-refractivity contribution in [2.75, 3.05) is 7.11 Å². The zero-order chi connectivity index (χ0) is 11.4. The summed E-state index contributed by atoms with van der Waals surface area (Å²) in [6, 6.07) is 10.3. The van der Waals surface area contributed by atoms with Gasteiger partial charge in [0.15, 0.2) is 0 Å². The first-order chi connectivity index (χ1) is 7.79. The summed E-state index contributed by atoms with van der Waals surface area (Å²) in [6.45, 7) is 2.04. The van der Waals surface area contributed by atoms with Crippen LogP contribution in [0.25, 0.3) is 0 Å². The second-order valence-corrected chi connectivity index (χ2v) is 4.90. The zero-order valence-electron chi connectivity index (χ0n) is 9.50. The van der Waals surface area contributed by atoms with Crippen molar-refractivity contribution >= 4 is 11.8 Å². The van der Waals surface area contributed by atoms with Crippen molar-refractivity contribution in [3.63, 3.8) is 0 Å². The number of hydrogen-bond acceptors (Lipinski definition) is 3. The lowest BCUT2D eigenvalue weighted by Crippen LogP contribution is -2.32. The molecule has 0 radical (unpaired) electrons. The SMILES string of the molecule is CO[C@@H]1C=C[C@H](Sc2ccccc2)O[C@H]1C. The van der Waals surface area contributed by atoms with E-state index in [0.717, 1.165) is 0 Å². The van der Waals surface area contributed by atoms with E-state index in [1.807, 2.05) is 25.1 Å². The van der Waals surface area contributed by atoms with E-state index in [0.29, 0.717) is 0 Å². The molecule has 1 aliphatic rings. The Morgan fingerprint density at radius 3 is 2.56 bits per heavy atom. The molecule has 0 N–H and O–H groups in total. The van der Waals surface area contributed by atoms with E-state index in [2.05, 4.69) is 24.3 Å². The molecule has 2 rings (SSSR count). The van der Waals surface area contributed by atoms with Crippen LogP contribution in [0, 0.1) is 0 Å². The van der Waals surface area contributed by atoms with Crippen LogP contribution < -0.4 is 0 Å². The van der Waals surface area contributed by atoms with Crippen molar-refractivity contribution in [1.29, 1.82) is 0 Å². The molecule has 3 heteroatoms. The van der Waals surface area contributed by atoms with Crippen molar-refractivity contribution in [2.45, 2.75) is 29.5 Å². The lowest BCUT2D eigenvalue weighted by atomic mass is 10.2. The van der Waals surface area contributed by atoms with E-state index < -0.39 is 0 Å². The van der Waals surface area contributed by atoms with Crippen LogP contribution >= 0.6 is 11.8 Å². The molecule has 1 heterocycles. The Kier molecular flexibility index (Phi) is 4.04. The summed E-state index contributed by atoms with van der Waals surface area (Å²) in [6.07, 6.45) is 4.32. The van der Waals surface area contributed by atoms with E-state index >= 15 is 0 Å². The minimum Gasteiger partial charge on any atom is -0.375 e. The first-order valence-electron chi connectivity index (χ1n) is 5.38. The van der Waals surface area contributed by atoms with Gasteiger partial charge >= 0.3 is 0 Å². The fraction of sp³-hybridized carbons (Fsp3) is 0.385. The van der Waals surface area contributed by atoms with Gasteiger partial charge in [0.1, 0.15) is 11.5 Å². The molecule has 1 aliphatic heterocycles. The van der Waals surface area contributed by atoms with Gasteiger partial charge in [0.05, 0.1) is 6.10 Å². The molecule has 1 aromatic carbocycles. The highest BCUT2D eigenvalue weighted by molar-refractivity contribution is 8.00.